The number of hydrogen-bond donors (Lipinski definition) is 0. The molecular formula is C20H28. The van der Waals surface area contributed by atoms with Gasteiger partial charge in [-0.05, 0) is 68.1 Å². The molecule has 0 amide bonds. The van der Waals surface area contributed by atoms with Crippen molar-refractivity contribution in [1.82, 2.24) is 0 Å². The second kappa shape index (κ2) is 4.36. The summed E-state index contributed by atoms with van der Waals surface area (Å²) in [6.45, 7) is 4.95. The van der Waals surface area contributed by atoms with Gasteiger partial charge in [-0.3, -0.25) is 0 Å². The molecule has 0 aromatic carbocycles. The Bertz CT molecular complexity index is 494. The van der Waals surface area contributed by atoms with E-state index in [0.717, 1.165) is 17.8 Å². The minimum Gasteiger partial charge on any atom is -0.0877 e. The normalized spacial score (nSPS) is 49.3. The molecule has 0 bridgehead atoms. The van der Waals surface area contributed by atoms with E-state index < -0.39 is 0 Å². The second-order valence-corrected chi connectivity index (χ2v) is 7.83. The van der Waals surface area contributed by atoms with Crippen LogP contribution in [-0.2, 0) is 0 Å². The van der Waals surface area contributed by atoms with Gasteiger partial charge in [0.15, 0.2) is 0 Å². The molecule has 108 valence electrons. The van der Waals surface area contributed by atoms with Crippen LogP contribution in [-0.4, -0.2) is 0 Å². The summed E-state index contributed by atoms with van der Waals surface area (Å²) in [6, 6.07) is 0. The van der Waals surface area contributed by atoms with Crippen molar-refractivity contribution in [3.63, 3.8) is 0 Å². The van der Waals surface area contributed by atoms with E-state index >= 15 is 0 Å². The Kier molecular flexibility index (Phi) is 2.81. The third-order valence-electron chi connectivity index (χ3n) is 7.33. The van der Waals surface area contributed by atoms with Gasteiger partial charge in [0.1, 0.15) is 0 Å². The highest BCUT2D eigenvalue weighted by atomic mass is 14.6. The lowest BCUT2D eigenvalue weighted by molar-refractivity contribution is 0.00146. The van der Waals surface area contributed by atoms with Gasteiger partial charge in [-0.15, -0.1) is 0 Å². The van der Waals surface area contributed by atoms with Crippen LogP contribution in [0.2, 0.25) is 0 Å². The van der Waals surface area contributed by atoms with Crippen LogP contribution in [0.3, 0.4) is 0 Å². The highest BCUT2D eigenvalue weighted by Gasteiger charge is 2.54. The lowest BCUT2D eigenvalue weighted by atomic mass is 9.48. The van der Waals surface area contributed by atoms with Gasteiger partial charge in [0.2, 0.25) is 0 Å². The Hall–Kier alpha value is -0.780. The zero-order chi connectivity index (χ0) is 13.8. The third-order valence-corrected chi connectivity index (χ3v) is 7.33. The van der Waals surface area contributed by atoms with E-state index in [4.69, 9.17) is 0 Å². The van der Waals surface area contributed by atoms with Crippen LogP contribution in [0.5, 0.6) is 0 Å². The molecular weight excluding hydrogens is 240 g/mol. The molecule has 1 fully saturated rings. The maximum atomic E-state index is 2.63. The van der Waals surface area contributed by atoms with Crippen molar-refractivity contribution in [1.29, 1.82) is 0 Å². The van der Waals surface area contributed by atoms with Gasteiger partial charge in [0.05, 0.1) is 0 Å². The zero-order valence-corrected chi connectivity index (χ0v) is 13.1. The van der Waals surface area contributed by atoms with Gasteiger partial charge < -0.3 is 0 Å². The molecule has 0 heteroatoms. The summed E-state index contributed by atoms with van der Waals surface area (Å²) in [5.74, 6) is 2.76. The van der Waals surface area contributed by atoms with Crippen molar-refractivity contribution >= 4 is 0 Å². The summed E-state index contributed by atoms with van der Waals surface area (Å²) in [5.41, 5.74) is 2.71. The van der Waals surface area contributed by atoms with Crippen LogP contribution in [0.4, 0.5) is 0 Å². The van der Waals surface area contributed by atoms with Gasteiger partial charge in [-0.1, -0.05) is 49.8 Å². The minimum absolute atomic E-state index is 0.393. The van der Waals surface area contributed by atoms with Crippen molar-refractivity contribution < 1.29 is 0 Å². The predicted molar refractivity (Wildman–Crippen MR) is 85.4 cm³/mol. The van der Waals surface area contributed by atoms with Crippen molar-refractivity contribution in [3.05, 3.63) is 36.0 Å². The van der Waals surface area contributed by atoms with Gasteiger partial charge in [0, 0.05) is 5.41 Å². The van der Waals surface area contributed by atoms with E-state index in [1.807, 2.05) is 0 Å². The molecule has 0 aliphatic heterocycles. The van der Waals surface area contributed by atoms with E-state index in [2.05, 4.69) is 44.2 Å². The lowest BCUT2D eigenvalue weighted by Crippen LogP contribution is -2.47. The largest absolute Gasteiger partial charge is 0.0877 e. The first-order chi connectivity index (χ1) is 9.70. The molecule has 5 atom stereocenters. The maximum Gasteiger partial charge on any atom is 0.00936 e. The average Bonchev–Trinajstić information content (AvgIpc) is 2.91. The van der Waals surface area contributed by atoms with Crippen LogP contribution < -0.4 is 0 Å². The quantitative estimate of drug-likeness (QED) is 0.537. The first kappa shape index (κ1) is 12.9. The molecule has 0 aromatic rings. The summed E-state index contributed by atoms with van der Waals surface area (Å²) in [6.07, 6.45) is 22.3. The smallest absolute Gasteiger partial charge is 0.00936 e. The summed E-state index contributed by atoms with van der Waals surface area (Å²) in [4.78, 5) is 0. The molecule has 0 heterocycles. The van der Waals surface area contributed by atoms with Crippen molar-refractivity contribution in [3.8, 4) is 0 Å². The molecule has 1 saturated carbocycles. The summed E-state index contributed by atoms with van der Waals surface area (Å²) < 4.78 is 0. The van der Waals surface area contributed by atoms with Crippen LogP contribution in [0.25, 0.3) is 0 Å². The van der Waals surface area contributed by atoms with Crippen LogP contribution in [0.15, 0.2) is 36.0 Å². The zero-order valence-electron chi connectivity index (χ0n) is 13.1. The number of hydrogen-bond acceptors (Lipinski definition) is 0. The first-order valence-electron chi connectivity index (χ1n) is 8.74. The summed E-state index contributed by atoms with van der Waals surface area (Å²) >= 11 is 0. The number of fused-ring (bicyclic) bond motifs is 5. The summed E-state index contributed by atoms with van der Waals surface area (Å²) in [7, 11) is 0. The molecule has 0 N–H and O–H groups in total. The van der Waals surface area contributed by atoms with E-state index in [9.17, 15) is 0 Å². The van der Waals surface area contributed by atoms with E-state index in [1.165, 1.54) is 44.9 Å². The molecule has 0 spiro atoms. The monoisotopic (exact) mass is 268 g/mol. The fourth-order valence-corrected chi connectivity index (χ4v) is 6.13. The Balaban J connectivity index is 1.72. The minimum atomic E-state index is 0.393. The van der Waals surface area contributed by atoms with E-state index in [0.29, 0.717) is 10.8 Å². The average molecular weight is 268 g/mol. The molecule has 0 nitrogen and oxygen atoms in total. The van der Waals surface area contributed by atoms with Crippen molar-refractivity contribution in [2.24, 2.45) is 28.6 Å². The highest BCUT2D eigenvalue weighted by molar-refractivity contribution is 5.32. The third kappa shape index (κ3) is 1.54. The molecule has 0 unspecified atom stereocenters. The van der Waals surface area contributed by atoms with Gasteiger partial charge in [-0.2, -0.15) is 0 Å². The lowest BCUT2D eigenvalue weighted by Gasteiger charge is -2.56. The Labute approximate surface area is 124 Å². The Morgan fingerprint density at radius 1 is 1.15 bits per heavy atom. The van der Waals surface area contributed by atoms with Gasteiger partial charge >= 0.3 is 0 Å². The first-order valence-corrected chi connectivity index (χ1v) is 8.74. The Morgan fingerprint density at radius 3 is 2.90 bits per heavy atom. The molecule has 4 rings (SSSR count). The molecule has 0 aromatic heterocycles. The van der Waals surface area contributed by atoms with Crippen LogP contribution >= 0.6 is 0 Å². The molecule has 4 aliphatic carbocycles. The van der Waals surface area contributed by atoms with Crippen molar-refractivity contribution in [2.75, 3.05) is 0 Å². The molecule has 0 saturated heterocycles. The van der Waals surface area contributed by atoms with Gasteiger partial charge in [-0.25, -0.2) is 0 Å². The van der Waals surface area contributed by atoms with Crippen molar-refractivity contribution in [2.45, 2.75) is 58.8 Å². The van der Waals surface area contributed by atoms with E-state index in [-0.39, 0.29) is 0 Å². The molecule has 0 radical (unpaired) electrons. The highest BCUT2D eigenvalue weighted by Crippen LogP contribution is 2.63. The fraction of sp³-hybridized carbons (Fsp3) is 0.700. The number of rotatable bonds is 1. The Morgan fingerprint density at radius 2 is 2.05 bits per heavy atom. The van der Waals surface area contributed by atoms with E-state index in [1.54, 1.807) is 5.57 Å². The maximum absolute atomic E-state index is 2.63. The summed E-state index contributed by atoms with van der Waals surface area (Å²) in [5, 5.41) is 0. The topological polar surface area (TPSA) is 0 Å². The van der Waals surface area contributed by atoms with Crippen LogP contribution in [0, 0.1) is 28.6 Å². The van der Waals surface area contributed by atoms with Gasteiger partial charge in [0.25, 0.3) is 0 Å². The standard InChI is InChI=1S/C20H28/c1-3-20-13-6-8-18(20)16-10-9-15-7-4-5-12-19(15,2)17(16)11-14-20/h5-6,9,12-13,16-18H,3-4,7-8,10-11,14H2,1-2H3/t16-,17+,18+,19+,20+/m1/s1. The fourth-order valence-electron chi connectivity index (χ4n) is 6.13. The predicted octanol–water partition coefficient (Wildman–Crippen LogP) is 5.67. The molecule has 4 aliphatic rings. The SMILES string of the molecule is CC[C@@]12C=CC[C@H]1[C@@H]1CC=C3CCC=C[C@]3(C)[C@H]1CC2. The van der Waals surface area contributed by atoms with Crippen LogP contribution in [0.1, 0.15) is 58.8 Å². The number of allylic oxidation sites excluding steroid dienone is 6. The molecule has 20 heavy (non-hydrogen) atoms. The second-order valence-electron chi connectivity index (χ2n) is 7.83.